The van der Waals surface area contributed by atoms with Crippen LogP contribution in [0, 0.1) is 3.57 Å². The third-order valence-electron chi connectivity index (χ3n) is 3.01. The van der Waals surface area contributed by atoms with Crippen LogP contribution >= 0.6 is 22.6 Å². The number of likely N-dealkylation sites (tertiary alicyclic amines) is 1. The highest BCUT2D eigenvalue weighted by atomic mass is 127. The molecule has 4 nitrogen and oxygen atoms in total. The van der Waals surface area contributed by atoms with E-state index in [1.807, 2.05) is 36.1 Å². The lowest BCUT2D eigenvalue weighted by Crippen LogP contribution is -2.35. The number of rotatable bonds is 3. The topological polar surface area (TPSA) is 52.6 Å². The second-order valence-corrected chi connectivity index (χ2v) is 6.26. The minimum Gasteiger partial charge on any atom is -0.389 e. The van der Waals surface area contributed by atoms with Gasteiger partial charge in [0.2, 0.25) is 5.91 Å². The molecule has 1 saturated heterocycles. The van der Waals surface area contributed by atoms with Gasteiger partial charge in [0.05, 0.1) is 12.1 Å². The van der Waals surface area contributed by atoms with Crippen molar-refractivity contribution in [3.63, 3.8) is 0 Å². The summed E-state index contributed by atoms with van der Waals surface area (Å²) in [6.45, 7) is 3.48. The van der Waals surface area contributed by atoms with E-state index in [1.54, 1.807) is 0 Å². The first-order valence-electron chi connectivity index (χ1n) is 5.95. The average Bonchev–Trinajstić information content (AvgIpc) is 2.57. The van der Waals surface area contributed by atoms with Crippen molar-refractivity contribution in [2.75, 3.05) is 25.0 Å². The molecular weight excluding hydrogens is 343 g/mol. The van der Waals surface area contributed by atoms with Crippen LogP contribution in [0.1, 0.15) is 13.3 Å². The van der Waals surface area contributed by atoms with Gasteiger partial charge < -0.3 is 10.4 Å². The van der Waals surface area contributed by atoms with Crippen LogP contribution in [0.2, 0.25) is 0 Å². The largest absolute Gasteiger partial charge is 0.389 e. The number of nitrogens with one attached hydrogen (secondary N) is 1. The maximum Gasteiger partial charge on any atom is 0.238 e. The van der Waals surface area contributed by atoms with E-state index in [-0.39, 0.29) is 5.91 Å². The molecule has 0 radical (unpaired) electrons. The normalized spacial score (nSPS) is 24.2. The molecule has 0 aromatic heterocycles. The summed E-state index contributed by atoms with van der Waals surface area (Å²) in [5.41, 5.74) is 0.167. The first kappa shape index (κ1) is 13.8. The SMILES string of the molecule is CC1(O)CCN(CC(=O)Nc2cccc(I)c2)C1. The van der Waals surface area contributed by atoms with Crippen LogP contribution in [0.15, 0.2) is 24.3 Å². The lowest BCUT2D eigenvalue weighted by molar-refractivity contribution is -0.117. The molecule has 1 fully saturated rings. The van der Waals surface area contributed by atoms with Crippen molar-refractivity contribution in [1.82, 2.24) is 4.90 Å². The molecule has 1 heterocycles. The molecule has 0 bridgehead atoms. The molecule has 0 spiro atoms. The van der Waals surface area contributed by atoms with Crippen molar-refractivity contribution < 1.29 is 9.90 Å². The minimum absolute atomic E-state index is 0.0327. The number of halogens is 1. The van der Waals surface area contributed by atoms with Gasteiger partial charge in [-0.1, -0.05) is 6.07 Å². The Labute approximate surface area is 121 Å². The summed E-state index contributed by atoms with van der Waals surface area (Å²) in [4.78, 5) is 13.8. The second kappa shape index (κ2) is 5.54. The van der Waals surface area contributed by atoms with Gasteiger partial charge >= 0.3 is 0 Å². The standard InChI is InChI=1S/C13H17IN2O2/c1-13(18)5-6-16(9-13)8-12(17)15-11-4-2-3-10(14)7-11/h2-4,7,18H,5-6,8-9H2,1H3,(H,15,17). The van der Waals surface area contributed by atoms with Crippen LogP contribution < -0.4 is 5.32 Å². The fourth-order valence-corrected chi connectivity index (χ4v) is 2.69. The van der Waals surface area contributed by atoms with E-state index in [0.29, 0.717) is 13.1 Å². The molecule has 1 amide bonds. The van der Waals surface area contributed by atoms with Gasteiger partial charge in [0.25, 0.3) is 0 Å². The Morgan fingerprint density at radius 2 is 2.39 bits per heavy atom. The highest BCUT2D eigenvalue weighted by Crippen LogP contribution is 2.20. The Morgan fingerprint density at radius 3 is 3.00 bits per heavy atom. The number of β-amino-alcohol motifs (C(OH)–C–C–N with tert-alkyl or cyclic N) is 1. The Bertz CT molecular complexity index is 448. The molecule has 1 atom stereocenters. The maximum absolute atomic E-state index is 11.9. The zero-order valence-corrected chi connectivity index (χ0v) is 12.5. The van der Waals surface area contributed by atoms with E-state index in [2.05, 4.69) is 27.9 Å². The zero-order chi connectivity index (χ0) is 13.2. The van der Waals surface area contributed by atoms with Crippen molar-refractivity contribution in [3.05, 3.63) is 27.8 Å². The molecule has 1 unspecified atom stereocenters. The van der Waals surface area contributed by atoms with Gasteiger partial charge in [-0.15, -0.1) is 0 Å². The molecule has 5 heteroatoms. The van der Waals surface area contributed by atoms with Gasteiger partial charge in [0, 0.05) is 22.3 Å². The smallest absolute Gasteiger partial charge is 0.238 e. The van der Waals surface area contributed by atoms with Crippen LogP contribution in [0.4, 0.5) is 5.69 Å². The van der Waals surface area contributed by atoms with Crippen LogP contribution in [0.3, 0.4) is 0 Å². The van der Waals surface area contributed by atoms with Crippen LogP contribution in [0.5, 0.6) is 0 Å². The molecule has 1 aliphatic rings. The summed E-state index contributed by atoms with van der Waals surface area (Å²) in [6.07, 6.45) is 0.726. The van der Waals surface area contributed by atoms with E-state index in [9.17, 15) is 9.90 Å². The zero-order valence-electron chi connectivity index (χ0n) is 10.3. The van der Waals surface area contributed by atoms with E-state index < -0.39 is 5.60 Å². The molecule has 1 aliphatic heterocycles. The highest BCUT2D eigenvalue weighted by Gasteiger charge is 2.31. The number of carbonyl (C=O) groups is 1. The molecule has 2 rings (SSSR count). The van der Waals surface area contributed by atoms with E-state index >= 15 is 0 Å². The molecule has 1 aromatic carbocycles. The number of aliphatic hydroxyl groups is 1. The van der Waals surface area contributed by atoms with Gasteiger partial charge in [-0.25, -0.2) is 0 Å². The number of anilines is 1. The molecule has 0 saturated carbocycles. The van der Waals surface area contributed by atoms with Crippen molar-refractivity contribution >= 4 is 34.2 Å². The van der Waals surface area contributed by atoms with Crippen molar-refractivity contribution in [3.8, 4) is 0 Å². The molecule has 1 aromatic rings. The third-order valence-corrected chi connectivity index (χ3v) is 3.68. The first-order chi connectivity index (χ1) is 8.44. The Morgan fingerprint density at radius 1 is 1.61 bits per heavy atom. The highest BCUT2D eigenvalue weighted by molar-refractivity contribution is 14.1. The molecule has 18 heavy (non-hydrogen) atoms. The van der Waals surface area contributed by atoms with Gasteiger partial charge in [-0.2, -0.15) is 0 Å². The summed E-state index contributed by atoms with van der Waals surface area (Å²) in [6, 6.07) is 7.70. The summed E-state index contributed by atoms with van der Waals surface area (Å²) in [5.74, 6) is -0.0327. The molecule has 2 N–H and O–H groups in total. The van der Waals surface area contributed by atoms with Gasteiger partial charge in [0.15, 0.2) is 0 Å². The van der Waals surface area contributed by atoms with E-state index in [1.165, 1.54) is 0 Å². The van der Waals surface area contributed by atoms with Crippen LogP contribution in [-0.2, 0) is 4.79 Å². The quantitative estimate of drug-likeness (QED) is 0.807. The fourth-order valence-electron chi connectivity index (χ4n) is 2.14. The number of hydrogen-bond acceptors (Lipinski definition) is 3. The summed E-state index contributed by atoms with van der Waals surface area (Å²) in [5, 5.41) is 12.7. The first-order valence-corrected chi connectivity index (χ1v) is 7.03. The van der Waals surface area contributed by atoms with E-state index in [0.717, 1.165) is 22.2 Å². The van der Waals surface area contributed by atoms with Crippen molar-refractivity contribution in [2.45, 2.75) is 18.9 Å². The second-order valence-electron chi connectivity index (χ2n) is 5.02. The lowest BCUT2D eigenvalue weighted by atomic mass is 10.1. The predicted molar refractivity (Wildman–Crippen MR) is 79.5 cm³/mol. The number of benzene rings is 1. The number of hydrogen-bond donors (Lipinski definition) is 2. The molecular formula is C13H17IN2O2. The Balaban J connectivity index is 1.86. The lowest BCUT2D eigenvalue weighted by Gasteiger charge is -2.18. The number of amides is 1. The fraction of sp³-hybridized carbons (Fsp3) is 0.462. The van der Waals surface area contributed by atoms with Gasteiger partial charge in [-0.3, -0.25) is 9.69 Å². The number of carbonyl (C=O) groups excluding carboxylic acids is 1. The summed E-state index contributed by atoms with van der Waals surface area (Å²) < 4.78 is 1.09. The van der Waals surface area contributed by atoms with Crippen molar-refractivity contribution in [1.29, 1.82) is 0 Å². The summed E-state index contributed by atoms with van der Waals surface area (Å²) >= 11 is 2.21. The minimum atomic E-state index is -0.650. The average molecular weight is 360 g/mol. The Kier molecular flexibility index (Phi) is 4.24. The third kappa shape index (κ3) is 3.93. The van der Waals surface area contributed by atoms with E-state index in [4.69, 9.17) is 0 Å². The van der Waals surface area contributed by atoms with Gasteiger partial charge in [-0.05, 0) is 54.1 Å². The summed E-state index contributed by atoms with van der Waals surface area (Å²) in [7, 11) is 0. The monoisotopic (exact) mass is 360 g/mol. The predicted octanol–water partition coefficient (Wildman–Crippen LogP) is 1.69. The maximum atomic E-state index is 11.9. The van der Waals surface area contributed by atoms with Gasteiger partial charge in [0.1, 0.15) is 0 Å². The Hall–Kier alpha value is -0.660. The van der Waals surface area contributed by atoms with Crippen LogP contribution in [0.25, 0.3) is 0 Å². The van der Waals surface area contributed by atoms with Crippen LogP contribution in [-0.4, -0.2) is 41.1 Å². The van der Waals surface area contributed by atoms with Crippen molar-refractivity contribution in [2.24, 2.45) is 0 Å². The number of nitrogens with zero attached hydrogens (tertiary/aromatic N) is 1. The molecule has 98 valence electrons. The molecule has 0 aliphatic carbocycles.